The SMILES string of the molecule is COc1ccc(C)c2sc(N(CC3CCCO3)C(=O)c3ccc(S(=O)(=O)N(C)C4CC4)cc3)nc12. The van der Waals surface area contributed by atoms with Crippen molar-refractivity contribution in [3.05, 3.63) is 47.5 Å². The van der Waals surface area contributed by atoms with Crippen LogP contribution in [0.5, 0.6) is 5.75 Å². The summed E-state index contributed by atoms with van der Waals surface area (Å²) in [6.45, 7) is 3.07. The zero-order valence-electron chi connectivity index (χ0n) is 20.1. The number of ether oxygens (including phenoxy) is 2. The fourth-order valence-corrected chi connectivity index (χ4v) is 6.82. The molecule has 1 amide bonds. The number of carbonyl (C=O) groups is 1. The Hall–Kier alpha value is -2.53. The van der Waals surface area contributed by atoms with E-state index in [1.165, 1.54) is 27.8 Å². The van der Waals surface area contributed by atoms with Crippen molar-refractivity contribution in [3.8, 4) is 5.75 Å². The van der Waals surface area contributed by atoms with Crippen LogP contribution in [0.2, 0.25) is 0 Å². The van der Waals surface area contributed by atoms with Crippen LogP contribution in [0.3, 0.4) is 0 Å². The van der Waals surface area contributed by atoms with Gasteiger partial charge in [-0.3, -0.25) is 9.69 Å². The van der Waals surface area contributed by atoms with E-state index in [1.54, 1.807) is 31.2 Å². The lowest BCUT2D eigenvalue weighted by molar-refractivity contribution is 0.0917. The number of aryl methyl sites for hydroxylation is 1. The lowest BCUT2D eigenvalue weighted by Gasteiger charge is -2.23. The van der Waals surface area contributed by atoms with Crippen LogP contribution in [0.25, 0.3) is 10.2 Å². The number of hydrogen-bond acceptors (Lipinski definition) is 7. The Kier molecular flexibility index (Phi) is 6.56. The maximum absolute atomic E-state index is 13.7. The average molecular weight is 516 g/mol. The predicted molar refractivity (Wildman–Crippen MR) is 136 cm³/mol. The number of methoxy groups -OCH3 is 1. The van der Waals surface area contributed by atoms with Crippen molar-refractivity contribution in [1.82, 2.24) is 9.29 Å². The largest absolute Gasteiger partial charge is 0.494 e. The first-order chi connectivity index (χ1) is 16.8. The highest BCUT2D eigenvalue weighted by Crippen LogP contribution is 2.37. The predicted octanol–water partition coefficient (Wildman–Crippen LogP) is 4.22. The number of aromatic nitrogens is 1. The summed E-state index contributed by atoms with van der Waals surface area (Å²) >= 11 is 1.45. The summed E-state index contributed by atoms with van der Waals surface area (Å²) < 4.78 is 39.4. The first kappa shape index (κ1) is 24.2. The van der Waals surface area contributed by atoms with Crippen LogP contribution < -0.4 is 9.64 Å². The highest BCUT2D eigenvalue weighted by atomic mass is 32.2. The first-order valence-corrected chi connectivity index (χ1v) is 14.0. The number of hydrogen-bond donors (Lipinski definition) is 0. The van der Waals surface area contributed by atoms with E-state index in [0.717, 1.165) is 41.5 Å². The Labute approximate surface area is 209 Å². The van der Waals surface area contributed by atoms with Crippen LogP contribution in [-0.4, -0.2) is 63.1 Å². The van der Waals surface area contributed by atoms with E-state index in [0.29, 0.717) is 29.6 Å². The summed E-state index contributed by atoms with van der Waals surface area (Å²) in [5.41, 5.74) is 2.18. The molecule has 10 heteroatoms. The van der Waals surface area contributed by atoms with E-state index in [9.17, 15) is 13.2 Å². The monoisotopic (exact) mass is 515 g/mol. The molecule has 186 valence electrons. The van der Waals surface area contributed by atoms with Crippen LogP contribution >= 0.6 is 11.3 Å². The summed E-state index contributed by atoms with van der Waals surface area (Å²) in [5.74, 6) is 0.419. The normalized spacial score (nSPS) is 18.3. The Balaban J connectivity index is 1.48. The molecule has 2 aliphatic rings. The molecule has 1 saturated carbocycles. The summed E-state index contributed by atoms with van der Waals surface area (Å²) in [7, 11) is -0.359. The molecule has 5 rings (SSSR count). The zero-order chi connectivity index (χ0) is 24.7. The van der Waals surface area contributed by atoms with Crippen molar-refractivity contribution in [2.75, 3.05) is 32.2 Å². The van der Waals surface area contributed by atoms with Crippen molar-refractivity contribution in [3.63, 3.8) is 0 Å². The number of amides is 1. The minimum atomic E-state index is -3.57. The lowest BCUT2D eigenvalue weighted by atomic mass is 10.2. The maximum Gasteiger partial charge on any atom is 0.260 e. The van der Waals surface area contributed by atoms with Crippen molar-refractivity contribution in [1.29, 1.82) is 0 Å². The minimum absolute atomic E-state index is 0.0687. The molecule has 2 heterocycles. The molecule has 1 aliphatic heterocycles. The third kappa shape index (κ3) is 4.67. The molecule has 1 unspecified atom stereocenters. The summed E-state index contributed by atoms with van der Waals surface area (Å²) in [4.78, 5) is 20.3. The summed E-state index contributed by atoms with van der Waals surface area (Å²) in [5, 5.41) is 0.568. The van der Waals surface area contributed by atoms with Gasteiger partial charge in [0.1, 0.15) is 11.3 Å². The maximum atomic E-state index is 13.7. The van der Waals surface area contributed by atoms with Crippen LogP contribution in [-0.2, 0) is 14.8 Å². The van der Waals surface area contributed by atoms with Crippen LogP contribution in [0, 0.1) is 6.92 Å². The van der Waals surface area contributed by atoms with E-state index < -0.39 is 10.0 Å². The molecule has 1 aliphatic carbocycles. The highest BCUT2D eigenvalue weighted by molar-refractivity contribution is 7.89. The van der Waals surface area contributed by atoms with E-state index in [4.69, 9.17) is 14.5 Å². The average Bonchev–Trinajstić information content (AvgIpc) is 3.39. The molecule has 1 saturated heterocycles. The molecule has 2 aromatic carbocycles. The van der Waals surface area contributed by atoms with E-state index in [-0.39, 0.29) is 22.9 Å². The Morgan fingerprint density at radius 3 is 2.54 bits per heavy atom. The number of fused-ring (bicyclic) bond motifs is 1. The first-order valence-electron chi connectivity index (χ1n) is 11.8. The molecule has 0 spiro atoms. The van der Waals surface area contributed by atoms with Gasteiger partial charge in [0.15, 0.2) is 5.13 Å². The van der Waals surface area contributed by atoms with Crippen molar-refractivity contribution >= 4 is 42.6 Å². The third-order valence-corrected chi connectivity index (χ3v) is 9.78. The number of sulfonamides is 1. The number of thiazole rings is 1. The van der Waals surface area contributed by atoms with Crippen molar-refractivity contribution < 1.29 is 22.7 Å². The number of anilines is 1. The molecule has 35 heavy (non-hydrogen) atoms. The Morgan fingerprint density at radius 2 is 1.91 bits per heavy atom. The second kappa shape index (κ2) is 9.50. The van der Waals surface area contributed by atoms with E-state index in [2.05, 4.69) is 0 Å². The van der Waals surface area contributed by atoms with Gasteiger partial charge in [0.05, 0.1) is 29.4 Å². The van der Waals surface area contributed by atoms with Crippen molar-refractivity contribution in [2.45, 2.75) is 49.6 Å². The molecule has 8 nitrogen and oxygen atoms in total. The van der Waals surface area contributed by atoms with Gasteiger partial charge in [-0.05, 0) is 68.5 Å². The molecule has 2 fully saturated rings. The number of rotatable bonds is 8. The van der Waals surface area contributed by atoms with Gasteiger partial charge in [-0.2, -0.15) is 4.31 Å². The molecule has 1 aromatic heterocycles. The van der Waals surface area contributed by atoms with Gasteiger partial charge in [-0.25, -0.2) is 13.4 Å². The Morgan fingerprint density at radius 1 is 1.17 bits per heavy atom. The fraction of sp³-hybridized carbons (Fsp3) is 0.440. The minimum Gasteiger partial charge on any atom is -0.494 e. The summed E-state index contributed by atoms with van der Waals surface area (Å²) in [6, 6.07) is 10.1. The quantitative estimate of drug-likeness (QED) is 0.446. The molecule has 0 N–H and O–H groups in total. The van der Waals surface area contributed by atoms with E-state index >= 15 is 0 Å². The molecular weight excluding hydrogens is 486 g/mol. The van der Waals surface area contributed by atoms with Gasteiger partial charge in [-0.1, -0.05) is 17.4 Å². The van der Waals surface area contributed by atoms with Gasteiger partial charge in [-0.15, -0.1) is 0 Å². The number of carbonyl (C=O) groups excluding carboxylic acids is 1. The third-order valence-electron chi connectivity index (χ3n) is 6.64. The smallest absolute Gasteiger partial charge is 0.260 e. The highest BCUT2D eigenvalue weighted by Gasteiger charge is 2.35. The Bertz CT molecular complexity index is 1340. The van der Waals surface area contributed by atoms with Gasteiger partial charge < -0.3 is 9.47 Å². The van der Waals surface area contributed by atoms with Gasteiger partial charge in [0, 0.05) is 25.3 Å². The van der Waals surface area contributed by atoms with Gasteiger partial charge >= 0.3 is 0 Å². The van der Waals surface area contributed by atoms with Crippen LogP contribution in [0.1, 0.15) is 41.6 Å². The second-order valence-electron chi connectivity index (χ2n) is 9.09. The topological polar surface area (TPSA) is 89.0 Å². The number of nitrogens with zero attached hydrogens (tertiary/aromatic N) is 3. The van der Waals surface area contributed by atoms with Gasteiger partial charge in [0.25, 0.3) is 5.91 Å². The van der Waals surface area contributed by atoms with Crippen LogP contribution in [0.4, 0.5) is 5.13 Å². The van der Waals surface area contributed by atoms with E-state index in [1.807, 2.05) is 19.1 Å². The molecule has 3 aromatic rings. The fourth-order valence-electron chi connectivity index (χ4n) is 4.34. The molecule has 0 radical (unpaired) electrons. The van der Waals surface area contributed by atoms with Crippen LogP contribution in [0.15, 0.2) is 41.3 Å². The van der Waals surface area contributed by atoms with Gasteiger partial charge in [0.2, 0.25) is 10.0 Å². The summed E-state index contributed by atoms with van der Waals surface area (Å²) in [6.07, 6.45) is 3.54. The lowest BCUT2D eigenvalue weighted by Crippen LogP contribution is -2.37. The molecular formula is C25H29N3O5S2. The standard InChI is InChI=1S/C25H29N3O5S2/c1-16-6-13-21(32-3)22-23(16)34-25(26-22)28(15-19-5-4-14-33-19)24(29)17-7-11-20(12-8-17)35(30,31)27(2)18-9-10-18/h6-8,11-13,18-19H,4-5,9-10,14-15H2,1-3H3. The number of benzene rings is 2. The molecule has 0 bridgehead atoms. The zero-order valence-corrected chi connectivity index (χ0v) is 21.7. The van der Waals surface area contributed by atoms with Crippen molar-refractivity contribution in [2.24, 2.45) is 0 Å². The molecule has 1 atom stereocenters. The second-order valence-corrected chi connectivity index (χ2v) is 12.1.